The van der Waals surface area contributed by atoms with Crippen molar-refractivity contribution in [3.8, 4) is 0 Å². The lowest BCUT2D eigenvalue weighted by Crippen LogP contribution is -2.34. The molecule has 2 fully saturated rings. The molecule has 2 heterocycles. The summed E-state index contributed by atoms with van der Waals surface area (Å²) in [7, 11) is 1.92. The second-order valence-corrected chi connectivity index (χ2v) is 7.63. The number of rotatable bonds is 8. The second kappa shape index (κ2) is 9.44. The molecule has 5 nitrogen and oxygen atoms in total. The quantitative estimate of drug-likeness (QED) is 0.622. The lowest BCUT2D eigenvalue weighted by Gasteiger charge is -2.20. The number of hydrogen-bond acceptors (Lipinski definition) is 4. The van der Waals surface area contributed by atoms with Gasteiger partial charge in [-0.1, -0.05) is 25.0 Å². The van der Waals surface area contributed by atoms with E-state index in [1.165, 1.54) is 6.07 Å². The van der Waals surface area contributed by atoms with Crippen LogP contribution in [0.2, 0.25) is 0 Å². The smallest absolute Gasteiger partial charge is 0.226 e. The summed E-state index contributed by atoms with van der Waals surface area (Å²) in [5.41, 5.74) is 7.62. The Balaban J connectivity index is 1.29. The summed E-state index contributed by atoms with van der Waals surface area (Å²) < 4.78 is 13.3. The zero-order valence-corrected chi connectivity index (χ0v) is 15.6. The van der Waals surface area contributed by atoms with Gasteiger partial charge in [-0.3, -0.25) is 15.6 Å². The predicted molar refractivity (Wildman–Crippen MR) is 101 cm³/mol. The Morgan fingerprint density at radius 1 is 1.27 bits per heavy atom. The van der Waals surface area contributed by atoms with E-state index in [2.05, 4.69) is 16.2 Å². The minimum atomic E-state index is -0.181. The van der Waals surface area contributed by atoms with E-state index in [0.717, 1.165) is 63.7 Å². The average Bonchev–Trinajstić information content (AvgIpc) is 3.32. The molecule has 1 aromatic carbocycles. The van der Waals surface area contributed by atoms with Crippen LogP contribution in [0.15, 0.2) is 24.3 Å². The summed E-state index contributed by atoms with van der Waals surface area (Å²) in [6.45, 7) is 2.64. The van der Waals surface area contributed by atoms with Gasteiger partial charge in [-0.05, 0) is 49.9 Å². The third-order valence-corrected chi connectivity index (χ3v) is 5.56. The second-order valence-electron chi connectivity index (χ2n) is 7.63. The minimum absolute atomic E-state index is 0.175. The van der Waals surface area contributed by atoms with E-state index in [1.54, 1.807) is 12.1 Å². The normalized spacial score (nSPS) is 25.5. The lowest BCUT2D eigenvalue weighted by atomic mass is 9.99. The largest absolute Gasteiger partial charge is 0.345 e. The van der Waals surface area contributed by atoms with E-state index in [9.17, 15) is 9.18 Å². The van der Waals surface area contributed by atoms with Crippen molar-refractivity contribution < 1.29 is 9.18 Å². The highest BCUT2D eigenvalue weighted by atomic mass is 19.1. The molecule has 1 amide bonds. The summed E-state index contributed by atoms with van der Waals surface area (Å²) in [6, 6.07) is 7.42. The van der Waals surface area contributed by atoms with Gasteiger partial charge in [-0.25, -0.2) is 4.39 Å². The van der Waals surface area contributed by atoms with Gasteiger partial charge in [0, 0.05) is 32.2 Å². The van der Waals surface area contributed by atoms with Crippen LogP contribution in [-0.4, -0.2) is 43.5 Å². The van der Waals surface area contributed by atoms with Gasteiger partial charge >= 0.3 is 0 Å². The highest BCUT2D eigenvalue weighted by Gasteiger charge is 2.26. The standard InChI is InChI=1S/C20H31FN4O/c1-25(20(26)16-9-10-22-14-16)11-4-2-3-8-18-13-19(24-23-18)15-6-5-7-17(21)12-15/h5-7,12,16,18-19,22-24H,2-4,8-11,13-14H2,1H3. The summed E-state index contributed by atoms with van der Waals surface area (Å²) in [4.78, 5) is 14.1. The number of hydrazine groups is 1. The third-order valence-electron chi connectivity index (χ3n) is 5.56. The Morgan fingerprint density at radius 3 is 2.92 bits per heavy atom. The maximum Gasteiger partial charge on any atom is 0.226 e. The molecule has 0 radical (unpaired) electrons. The summed E-state index contributed by atoms with van der Waals surface area (Å²) in [5, 5.41) is 3.25. The molecule has 0 aliphatic carbocycles. The first-order valence-corrected chi connectivity index (χ1v) is 9.85. The van der Waals surface area contributed by atoms with Crippen LogP contribution in [0.3, 0.4) is 0 Å². The monoisotopic (exact) mass is 362 g/mol. The number of carbonyl (C=O) groups excluding carboxylic acids is 1. The van der Waals surface area contributed by atoms with E-state index < -0.39 is 0 Å². The maximum atomic E-state index is 13.3. The molecule has 6 heteroatoms. The molecule has 1 aromatic rings. The molecule has 2 aliphatic heterocycles. The van der Waals surface area contributed by atoms with Crippen LogP contribution in [0.25, 0.3) is 0 Å². The Bertz CT molecular complexity index is 591. The average molecular weight is 362 g/mol. The fourth-order valence-corrected chi connectivity index (χ4v) is 3.96. The van der Waals surface area contributed by atoms with Crippen LogP contribution in [0, 0.1) is 11.7 Å². The van der Waals surface area contributed by atoms with Crippen LogP contribution in [0.5, 0.6) is 0 Å². The number of carbonyl (C=O) groups is 1. The molecule has 26 heavy (non-hydrogen) atoms. The van der Waals surface area contributed by atoms with Gasteiger partial charge in [-0.2, -0.15) is 0 Å². The number of halogens is 1. The molecule has 3 rings (SSSR count). The zero-order valence-electron chi connectivity index (χ0n) is 15.6. The number of unbranched alkanes of at least 4 members (excludes halogenated alkanes) is 2. The summed E-state index contributed by atoms with van der Waals surface area (Å²) in [6.07, 6.45) is 6.37. The van der Waals surface area contributed by atoms with Gasteiger partial charge in [0.25, 0.3) is 0 Å². The van der Waals surface area contributed by atoms with Crippen LogP contribution in [0.1, 0.15) is 50.1 Å². The highest BCUT2D eigenvalue weighted by Crippen LogP contribution is 2.25. The van der Waals surface area contributed by atoms with E-state index in [1.807, 2.05) is 18.0 Å². The van der Waals surface area contributed by atoms with Gasteiger partial charge in [0.1, 0.15) is 5.82 Å². The van der Waals surface area contributed by atoms with Gasteiger partial charge in [0.2, 0.25) is 5.91 Å². The van der Waals surface area contributed by atoms with Crippen molar-refractivity contribution in [1.82, 2.24) is 21.1 Å². The fraction of sp³-hybridized carbons (Fsp3) is 0.650. The molecule has 2 saturated heterocycles. The molecule has 3 N–H and O–H groups in total. The molecule has 3 unspecified atom stereocenters. The van der Waals surface area contributed by atoms with Crippen LogP contribution >= 0.6 is 0 Å². The first kappa shape index (κ1) is 19.3. The lowest BCUT2D eigenvalue weighted by molar-refractivity contribution is -0.133. The van der Waals surface area contributed by atoms with Crippen LogP contribution < -0.4 is 16.2 Å². The maximum absolute atomic E-state index is 13.3. The highest BCUT2D eigenvalue weighted by molar-refractivity contribution is 5.79. The van der Waals surface area contributed by atoms with Gasteiger partial charge in [0.15, 0.2) is 0 Å². The molecular formula is C20H31FN4O. The van der Waals surface area contributed by atoms with Crippen molar-refractivity contribution in [3.63, 3.8) is 0 Å². The summed E-state index contributed by atoms with van der Waals surface area (Å²) >= 11 is 0. The minimum Gasteiger partial charge on any atom is -0.345 e. The van der Waals surface area contributed by atoms with Crippen LogP contribution in [-0.2, 0) is 4.79 Å². The number of amides is 1. The van der Waals surface area contributed by atoms with E-state index >= 15 is 0 Å². The SMILES string of the molecule is CN(CCCCCC1CC(c2cccc(F)c2)NN1)C(=O)C1CCNC1. The predicted octanol–water partition coefficient (Wildman–Crippen LogP) is 2.36. The zero-order chi connectivity index (χ0) is 18.4. The Hall–Kier alpha value is -1.50. The van der Waals surface area contributed by atoms with Gasteiger partial charge < -0.3 is 10.2 Å². The Kier molecular flexibility index (Phi) is 7.00. The van der Waals surface area contributed by atoms with Crippen molar-refractivity contribution in [2.75, 3.05) is 26.7 Å². The first-order valence-electron chi connectivity index (χ1n) is 9.85. The van der Waals surface area contributed by atoms with Gasteiger partial charge in [-0.15, -0.1) is 0 Å². The number of benzene rings is 1. The third kappa shape index (κ3) is 5.25. The van der Waals surface area contributed by atoms with Crippen molar-refractivity contribution in [2.45, 2.75) is 50.6 Å². The molecular weight excluding hydrogens is 331 g/mol. The van der Waals surface area contributed by atoms with E-state index in [0.29, 0.717) is 6.04 Å². The van der Waals surface area contributed by atoms with Crippen molar-refractivity contribution in [2.24, 2.45) is 5.92 Å². The van der Waals surface area contributed by atoms with E-state index in [-0.39, 0.29) is 23.7 Å². The number of hydrogen-bond donors (Lipinski definition) is 3. The topological polar surface area (TPSA) is 56.4 Å². The van der Waals surface area contributed by atoms with Crippen LogP contribution in [0.4, 0.5) is 4.39 Å². The van der Waals surface area contributed by atoms with Crippen molar-refractivity contribution in [3.05, 3.63) is 35.6 Å². The first-order chi connectivity index (χ1) is 12.6. The molecule has 0 bridgehead atoms. The molecule has 0 saturated carbocycles. The van der Waals surface area contributed by atoms with Crippen molar-refractivity contribution >= 4 is 5.91 Å². The van der Waals surface area contributed by atoms with Gasteiger partial charge in [0.05, 0.1) is 5.92 Å². The molecule has 3 atom stereocenters. The molecule has 0 aromatic heterocycles. The number of nitrogens with one attached hydrogen (secondary N) is 3. The van der Waals surface area contributed by atoms with Crippen molar-refractivity contribution in [1.29, 1.82) is 0 Å². The Labute approximate surface area is 155 Å². The summed E-state index contributed by atoms with van der Waals surface area (Å²) in [5.74, 6) is 0.280. The molecule has 2 aliphatic rings. The number of nitrogens with zero attached hydrogens (tertiary/aromatic N) is 1. The molecule has 0 spiro atoms. The Morgan fingerprint density at radius 2 is 2.15 bits per heavy atom. The molecule has 144 valence electrons. The fourth-order valence-electron chi connectivity index (χ4n) is 3.96. The van der Waals surface area contributed by atoms with E-state index in [4.69, 9.17) is 0 Å².